The Morgan fingerprint density at radius 2 is 2.38 bits per heavy atom. The predicted octanol–water partition coefficient (Wildman–Crippen LogP) is 1.42. The van der Waals surface area contributed by atoms with Crippen molar-refractivity contribution in [2.45, 2.75) is 18.9 Å². The van der Waals surface area contributed by atoms with Crippen LogP contribution in [0.1, 0.15) is 28.8 Å². The molecule has 1 fully saturated rings. The van der Waals surface area contributed by atoms with Crippen LogP contribution in [0.4, 0.5) is 4.39 Å². The summed E-state index contributed by atoms with van der Waals surface area (Å²) in [7, 11) is 1.63. The van der Waals surface area contributed by atoms with Crippen LogP contribution in [0.3, 0.4) is 0 Å². The van der Waals surface area contributed by atoms with Crippen LogP contribution in [0.25, 0.3) is 0 Å². The first kappa shape index (κ1) is 15.5. The zero-order valence-electron chi connectivity index (χ0n) is 11.9. The maximum Gasteiger partial charge on any atom is 0.255 e. The monoisotopic (exact) mass is 291 g/mol. The summed E-state index contributed by atoms with van der Waals surface area (Å²) in [5, 5.41) is 8.76. The molecule has 2 rings (SSSR count). The van der Waals surface area contributed by atoms with Crippen molar-refractivity contribution in [1.29, 1.82) is 0 Å². The fraction of sp³-hybridized carbons (Fsp3) is 0.438. The Kier molecular flexibility index (Phi) is 5.32. The molecule has 0 saturated carbocycles. The molecule has 1 atom stereocenters. The zero-order valence-corrected chi connectivity index (χ0v) is 11.9. The highest BCUT2D eigenvalue weighted by Gasteiger charge is 2.25. The molecule has 1 aromatic carbocycles. The molecule has 0 radical (unpaired) electrons. The minimum Gasteiger partial charge on any atom is -0.384 e. The molecule has 0 bridgehead atoms. The van der Waals surface area contributed by atoms with E-state index in [1.807, 2.05) is 0 Å². The van der Waals surface area contributed by atoms with Gasteiger partial charge in [0.05, 0.1) is 11.7 Å². The van der Waals surface area contributed by atoms with Crippen LogP contribution in [0.15, 0.2) is 18.2 Å². The number of ether oxygens (including phenoxy) is 1. The molecule has 112 valence electrons. The number of nitrogens with zero attached hydrogens (tertiary/aromatic N) is 1. The van der Waals surface area contributed by atoms with E-state index in [9.17, 15) is 9.18 Å². The number of benzene rings is 1. The number of aliphatic hydroxyl groups excluding tert-OH is 1. The molecule has 1 saturated heterocycles. The number of hydrogen-bond acceptors (Lipinski definition) is 3. The maximum atomic E-state index is 13.3. The van der Waals surface area contributed by atoms with Gasteiger partial charge >= 0.3 is 0 Å². The molecule has 0 aromatic heterocycles. The van der Waals surface area contributed by atoms with Crippen LogP contribution in [-0.2, 0) is 4.74 Å². The molecule has 1 unspecified atom stereocenters. The number of rotatable bonds is 2. The van der Waals surface area contributed by atoms with Gasteiger partial charge in [-0.15, -0.1) is 0 Å². The van der Waals surface area contributed by atoms with Gasteiger partial charge in [-0.05, 0) is 31.0 Å². The van der Waals surface area contributed by atoms with E-state index < -0.39 is 5.82 Å². The van der Waals surface area contributed by atoms with Crippen molar-refractivity contribution in [3.05, 3.63) is 35.1 Å². The summed E-state index contributed by atoms with van der Waals surface area (Å²) in [6.07, 6.45) is 1.85. The third-order valence-corrected chi connectivity index (χ3v) is 3.51. The minimum atomic E-state index is -0.456. The summed E-state index contributed by atoms with van der Waals surface area (Å²) in [5.74, 6) is 4.45. The zero-order chi connectivity index (χ0) is 15.2. The second kappa shape index (κ2) is 7.21. The van der Waals surface area contributed by atoms with Gasteiger partial charge in [0.15, 0.2) is 0 Å². The van der Waals surface area contributed by atoms with E-state index in [4.69, 9.17) is 9.84 Å². The van der Waals surface area contributed by atoms with Crippen LogP contribution >= 0.6 is 0 Å². The number of likely N-dealkylation sites (tertiary alicyclic amines) is 1. The Morgan fingerprint density at radius 3 is 3.10 bits per heavy atom. The lowest BCUT2D eigenvalue weighted by molar-refractivity contribution is 0.0268. The first-order chi connectivity index (χ1) is 10.2. The van der Waals surface area contributed by atoms with E-state index >= 15 is 0 Å². The van der Waals surface area contributed by atoms with Gasteiger partial charge < -0.3 is 14.7 Å². The number of methoxy groups -OCH3 is 1. The third-order valence-electron chi connectivity index (χ3n) is 3.51. The molecule has 0 aliphatic carbocycles. The Balaban J connectivity index is 2.26. The van der Waals surface area contributed by atoms with Gasteiger partial charge in [0.25, 0.3) is 5.91 Å². The van der Waals surface area contributed by atoms with Crippen molar-refractivity contribution in [3.63, 3.8) is 0 Å². The summed E-state index contributed by atoms with van der Waals surface area (Å²) >= 11 is 0. The van der Waals surface area contributed by atoms with E-state index in [1.165, 1.54) is 18.2 Å². The number of aliphatic hydroxyl groups is 1. The van der Waals surface area contributed by atoms with E-state index in [2.05, 4.69) is 11.8 Å². The molecule has 5 heteroatoms. The van der Waals surface area contributed by atoms with E-state index in [0.717, 1.165) is 12.8 Å². The Morgan fingerprint density at radius 1 is 1.57 bits per heavy atom. The second-order valence-corrected chi connectivity index (χ2v) is 4.90. The quantitative estimate of drug-likeness (QED) is 0.838. The van der Waals surface area contributed by atoms with Gasteiger partial charge in [-0.1, -0.05) is 11.8 Å². The van der Waals surface area contributed by atoms with Crippen LogP contribution in [0, 0.1) is 17.7 Å². The first-order valence-electron chi connectivity index (χ1n) is 6.87. The van der Waals surface area contributed by atoms with Gasteiger partial charge in [0.1, 0.15) is 12.4 Å². The third kappa shape index (κ3) is 3.81. The summed E-state index contributed by atoms with van der Waals surface area (Å²) in [6.45, 7) is 0.849. The molecule has 1 heterocycles. The second-order valence-electron chi connectivity index (χ2n) is 4.90. The number of hydrogen-bond donors (Lipinski definition) is 1. The number of piperidine rings is 1. The van der Waals surface area contributed by atoms with Gasteiger partial charge in [0.2, 0.25) is 0 Å². The van der Waals surface area contributed by atoms with Crippen molar-refractivity contribution in [2.75, 3.05) is 26.8 Å². The molecule has 1 aromatic rings. The van der Waals surface area contributed by atoms with E-state index in [1.54, 1.807) is 12.0 Å². The van der Waals surface area contributed by atoms with Gasteiger partial charge in [-0.3, -0.25) is 4.79 Å². The maximum absolute atomic E-state index is 13.3. The van der Waals surface area contributed by atoms with Crippen LogP contribution in [-0.4, -0.2) is 48.8 Å². The molecule has 1 amide bonds. The fourth-order valence-electron chi connectivity index (χ4n) is 2.43. The number of amides is 1. The van der Waals surface area contributed by atoms with Crippen LogP contribution in [0.5, 0.6) is 0 Å². The fourth-order valence-corrected chi connectivity index (χ4v) is 2.43. The van der Waals surface area contributed by atoms with Gasteiger partial charge in [0, 0.05) is 25.8 Å². The average molecular weight is 291 g/mol. The van der Waals surface area contributed by atoms with Crippen molar-refractivity contribution >= 4 is 5.91 Å². The van der Waals surface area contributed by atoms with E-state index in [-0.39, 0.29) is 18.6 Å². The highest BCUT2D eigenvalue weighted by molar-refractivity contribution is 5.96. The van der Waals surface area contributed by atoms with Crippen molar-refractivity contribution in [1.82, 2.24) is 4.90 Å². The average Bonchev–Trinajstić information content (AvgIpc) is 2.52. The molecular weight excluding hydrogens is 273 g/mol. The standard InChI is InChI=1S/C16H18FNO3/c1-21-14-5-2-8-18(11-14)16(20)15-7-6-13(17)10-12(15)4-3-9-19/h6-7,10,14,19H,2,5,8-9,11H2,1H3. The highest BCUT2D eigenvalue weighted by Crippen LogP contribution is 2.18. The lowest BCUT2D eigenvalue weighted by atomic mass is 10.0. The largest absolute Gasteiger partial charge is 0.384 e. The SMILES string of the molecule is COC1CCCN(C(=O)c2ccc(F)cc2C#CCO)C1. The smallest absolute Gasteiger partial charge is 0.255 e. The van der Waals surface area contributed by atoms with Gasteiger partial charge in [-0.25, -0.2) is 4.39 Å². The number of halogens is 1. The topological polar surface area (TPSA) is 49.8 Å². The van der Waals surface area contributed by atoms with Crippen LogP contribution < -0.4 is 0 Å². The van der Waals surface area contributed by atoms with Gasteiger partial charge in [-0.2, -0.15) is 0 Å². The van der Waals surface area contributed by atoms with E-state index in [0.29, 0.717) is 24.2 Å². The number of carbonyl (C=O) groups excluding carboxylic acids is 1. The van der Waals surface area contributed by atoms with Crippen molar-refractivity contribution in [2.24, 2.45) is 0 Å². The summed E-state index contributed by atoms with van der Waals surface area (Å²) in [5.41, 5.74) is 0.655. The Hall–Kier alpha value is -1.90. The molecule has 0 spiro atoms. The summed E-state index contributed by atoms with van der Waals surface area (Å²) in [4.78, 5) is 14.3. The van der Waals surface area contributed by atoms with Crippen molar-refractivity contribution in [3.8, 4) is 11.8 Å². The number of carbonyl (C=O) groups is 1. The minimum absolute atomic E-state index is 0.0372. The van der Waals surface area contributed by atoms with Crippen molar-refractivity contribution < 1.29 is 19.0 Å². The Labute approximate surface area is 123 Å². The highest BCUT2D eigenvalue weighted by atomic mass is 19.1. The molecule has 1 aliphatic rings. The summed E-state index contributed by atoms with van der Waals surface area (Å²) < 4.78 is 18.6. The predicted molar refractivity (Wildman–Crippen MR) is 76.3 cm³/mol. The normalized spacial score (nSPS) is 18.0. The molecular formula is C16H18FNO3. The first-order valence-corrected chi connectivity index (χ1v) is 6.87. The Bertz CT molecular complexity index is 577. The molecule has 4 nitrogen and oxygen atoms in total. The lowest BCUT2D eigenvalue weighted by Gasteiger charge is -2.32. The molecule has 1 aliphatic heterocycles. The molecule has 1 N–H and O–H groups in total. The lowest BCUT2D eigenvalue weighted by Crippen LogP contribution is -2.43. The summed E-state index contributed by atoms with van der Waals surface area (Å²) in [6, 6.07) is 3.90. The van der Waals surface area contributed by atoms with Crippen LogP contribution in [0.2, 0.25) is 0 Å². The molecule has 21 heavy (non-hydrogen) atoms.